The smallest absolute Gasteiger partial charge is 0.246 e. The molecule has 2 nitrogen and oxygen atoms in total. The molecule has 1 fully saturated rings. The van der Waals surface area contributed by atoms with E-state index in [4.69, 9.17) is 11.6 Å². The molecule has 1 aromatic carbocycles. The first-order chi connectivity index (χ1) is 9.13. The third kappa shape index (κ3) is 3.19. The highest BCUT2D eigenvalue weighted by Crippen LogP contribution is 2.39. The van der Waals surface area contributed by atoms with Crippen LogP contribution in [0, 0.1) is 5.92 Å². The predicted octanol–water partition coefficient (Wildman–Crippen LogP) is 4.22. The second kappa shape index (κ2) is 6.25. The molecule has 0 spiro atoms. The molecule has 2 rings (SSSR count). The summed E-state index contributed by atoms with van der Waals surface area (Å²) >= 11 is 5.95. The van der Waals surface area contributed by atoms with Crippen LogP contribution in [0.4, 0.5) is 0 Å². The van der Waals surface area contributed by atoms with Gasteiger partial charge in [-0.15, -0.1) is 0 Å². The van der Waals surface area contributed by atoms with Gasteiger partial charge in [-0.1, -0.05) is 43.2 Å². The zero-order valence-corrected chi connectivity index (χ0v) is 12.1. The summed E-state index contributed by atoms with van der Waals surface area (Å²) in [5, 5.41) is 0.728. The van der Waals surface area contributed by atoms with Gasteiger partial charge in [0.15, 0.2) is 0 Å². The number of nitrogens with zero attached hydrogens (tertiary/aromatic N) is 1. The normalized spacial score (nSPS) is 17.2. The van der Waals surface area contributed by atoms with E-state index in [-0.39, 0.29) is 11.9 Å². The van der Waals surface area contributed by atoms with E-state index in [0.717, 1.165) is 10.6 Å². The van der Waals surface area contributed by atoms with E-state index >= 15 is 0 Å². The van der Waals surface area contributed by atoms with Crippen molar-refractivity contribution in [2.45, 2.75) is 31.7 Å². The second-order valence-corrected chi connectivity index (χ2v) is 5.63. The molecule has 1 aliphatic carbocycles. The van der Waals surface area contributed by atoms with Crippen LogP contribution in [0.15, 0.2) is 36.9 Å². The summed E-state index contributed by atoms with van der Waals surface area (Å²) in [6, 6.07) is 7.97. The Labute approximate surface area is 120 Å². The fourth-order valence-corrected chi connectivity index (χ4v) is 3.15. The maximum atomic E-state index is 11.9. The number of carbonyl (C=O) groups is 1. The van der Waals surface area contributed by atoms with E-state index in [9.17, 15) is 4.79 Å². The topological polar surface area (TPSA) is 20.3 Å². The molecule has 102 valence electrons. The molecule has 0 bridgehead atoms. The van der Waals surface area contributed by atoms with Crippen LogP contribution >= 0.6 is 11.6 Å². The largest absolute Gasteiger partial charge is 0.335 e. The van der Waals surface area contributed by atoms with Crippen molar-refractivity contribution in [3.63, 3.8) is 0 Å². The fraction of sp³-hybridized carbons (Fsp3) is 0.438. The number of hydrogen-bond donors (Lipinski definition) is 0. The van der Waals surface area contributed by atoms with E-state index in [0.29, 0.717) is 5.92 Å². The highest BCUT2D eigenvalue weighted by atomic mass is 35.5. The molecule has 0 radical (unpaired) electrons. The summed E-state index contributed by atoms with van der Waals surface area (Å²) in [6.07, 6.45) is 6.26. The molecule has 1 unspecified atom stereocenters. The Balaban J connectivity index is 2.30. The zero-order chi connectivity index (χ0) is 13.8. The summed E-state index contributed by atoms with van der Waals surface area (Å²) in [5.41, 5.74) is 1.16. The molecule has 1 aliphatic rings. The van der Waals surface area contributed by atoms with Crippen molar-refractivity contribution >= 4 is 17.5 Å². The number of halogens is 1. The van der Waals surface area contributed by atoms with Crippen molar-refractivity contribution in [3.8, 4) is 0 Å². The quantitative estimate of drug-likeness (QED) is 0.755. The van der Waals surface area contributed by atoms with E-state index < -0.39 is 0 Å². The first-order valence-corrected chi connectivity index (χ1v) is 7.16. The van der Waals surface area contributed by atoms with Crippen LogP contribution in [-0.4, -0.2) is 17.9 Å². The zero-order valence-electron chi connectivity index (χ0n) is 11.3. The Morgan fingerprint density at radius 3 is 2.47 bits per heavy atom. The Hall–Kier alpha value is -1.28. The number of benzene rings is 1. The van der Waals surface area contributed by atoms with Crippen LogP contribution in [0.2, 0.25) is 5.02 Å². The molecule has 19 heavy (non-hydrogen) atoms. The lowest BCUT2D eigenvalue weighted by Gasteiger charge is -2.32. The maximum Gasteiger partial charge on any atom is 0.246 e. The van der Waals surface area contributed by atoms with Gasteiger partial charge in [-0.3, -0.25) is 4.79 Å². The number of carbonyl (C=O) groups excluding carboxylic acids is 1. The number of rotatable bonds is 4. The lowest BCUT2D eigenvalue weighted by molar-refractivity contribution is -0.128. The van der Waals surface area contributed by atoms with Gasteiger partial charge in [0.05, 0.1) is 6.04 Å². The fourth-order valence-electron chi connectivity index (χ4n) is 3.03. The van der Waals surface area contributed by atoms with Crippen LogP contribution in [0.25, 0.3) is 0 Å². The van der Waals surface area contributed by atoms with Crippen molar-refractivity contribution in [2.24, 2.45) is 5.92 Å². The van der Waals surface area contributed by atoms with Gasteiger partial charge in [0.1, 0.15) is 0 Å². The highest BCUT2D eigenvalue weighted by Gasteiger charge is 2.30. The Kier molecular flexibility index (Phi) is 4.65. The molecule has 0 N–H and O–H groups in total. The summed E-state index contributed by atoms with van der Waals surface area (Å²) in [7, 11) is 1.86. The van der Waals surface area contributed by atoms with Crippen LogP contribution < -0.4 is 0 Å². The van der Waals surface area contributed by atoms with Crippen molar-refractivity contribution in [1.29, 1.82) is 0 Å². The molecular weight excluding hydrogens is 258 g/mol. The summed E-state index contributed by atoms with van der Waals surface area (Å²) < 4.78 is 0. The standard InChI is InChI=1S/C16H20ClNO/c1-3-15(19)18(2)16(12-6-4-5-7-12)13-8-10-14(17)11-9-13/h3,8-12,16H,1,4-7H2,2H3. The molecule has 1 amide bonds. The minimum atomic E-state index is -0.0214. The van der Waals surface area contributed by atoms with Crippen molar-refractivity contribution < 1.29 is 4.79 Å². The van der Waals surface area contributed by atoms with Gasteiger partial charge >= 0.3 is 0 Å². The van der Waals surface area contributed by atoms with E-state index in [1.165, 1.54) is 31.8 Å². The molecule has 1 saturated carbocycles. The van der Waals surface area contributed by atoms with Crippen molar-refractivity contribution in [2.75, 3.05) is 7.05 Å². The summed E-state index contributed by atoms with van der Waals surface area (Å²) in [6.45, 7) is 3.59. The van der Waals surface area contributed by atoms with Crippen LogP contribution in [0.5, 0.6) is 0 Å². The van der Waals surface area contributed by atoms with Crippen LogP contribution in [0.1, 0.15) is 37.3 Å². The van der Waals surface area contributed by atoms with Gasteiger partial charge in [-0.2, -0.15) is 0 Å². The summed E-state index contributed by atoms with van der Waals surface area (Å²) in [4.78, 5) is 13.7. The Bertz CT molecular complexity index is 448. The van der Waals surface area contributed by atoms with Crippen molar-refractivity contribution in [3.05, 3.63) is 47.5 Å². The number of likely N-dealkylation sites (N-methyl/N-ethyl adjacent to an activating group) is 1. The molecule has 1 aromatic rings. The van der Waals surface area contributed by atoms with E-state index in [1.54, 1.807) is 0 Å². The predicted molar refractivity (Wildman–Crippen MR) is 79.1 cm³/mol. The first kappa shape index (κ1) is 14.1. The number of hydrogen-bond acceptors (Lipinski definition) is 1. The van der Waals surface area contributed by atoms with Gasteiger partial charge in [-0.25, -0.2) is 0 Å². The third-order valence-electron chi connectivity index (χ3n) is 4.00. The van der Waals surface area contributed by atoms with E-state index in [1.807, 2.05) is 36.2 Å². The maximum absolute atomic E-state index is 11.9. The minimum absolute atomic E-state index is 0.0214. The number of amides is 1. The van der Waals surface area contributed by atoms with Gasteiger partial charge in [0, 0.05) is 12.1 Å². The van der Waals surface area contributed by atoms with E-state index in [2.05, 4.69) is 6.58 Å². The monoisotopic (exact) mass is 277 g/mol. The van der Waals surface area contributed by atoms with Crippen LogP contribution in [0.3, 0.4) is 0 Å². The van der Waals surface area contributed by atoms with Crippen molar-refractivity contribution in [1.82, 2.24) is 4.90 Å². The molecule has 1 atom stereocenters. The molecule has 3 heteroatoms. The van der Waals surface area contributed by atoms with Crippen LogP contribution in [-0.2, 0) is 4.79 Å². The third-order valence-corrected chi connectivity index (χ3v) is 4.25. The SMILES string of the molecule is C=CC(=O)N(C)C(c1ccc(Cl)cc1)C1CCCC1. The first-order valence-electron chi connectivity index (χ1n) is 6.78. The highest BCUT2D eigenvalue weighted by molar-refractivity contribution is 6.30. The average molecular weight is 278 g/mol. The molecular formula is C16H20ClNO. The average Bonchev–Trinajstić information content (AvgIpc) is 2.94. The lowest BCUT2D eigenvalue weighted by Crippen LogP contribution is -2.33. The Morgan fingerprint density at radius 2 is 1.95 bits per heavy atom. The van der Waals surface area contributed by atoms with Gasteiger partial charge in [-0.05, 0) is 42.5 Å². The lowest BCUT2D eigenvalue weighted by atomic mass is 9.90. The molecule has 0 saturated heterocycles. The van der Waals surface area contributed by atoms with Gasteiger partial charge in [0.2, 0.25) is 5.91 Å². The Morgan fingerprint density at radius 1 is 1.37 bits per heavy atom. The van der Waals surface area contributed by atoms with Gasteiger partial charge in [0.25, 0.3) is 0 Å². The second-order valence-electron chi connectivity index (χ2n) is 5.19. The molecule has 0 aromatic heterocycles. The molecule has 0 heterocycles. The van der Waals surface area contributed by atoms with Gasteiger partial charge < -0.3 is 4.90 Å². The minimum Gasteiger partial charge on any atom is -0.335 e. The summed E-state index contributed by atoms with van der Waals surface area (Å²) in [5.74, 6) is 0.516. The molecule has 0 aliphatic heterocycles.